The van der Waals surface area contributed by atoms with Crippen molar-refractivity contribution >= 4 is 10.0 Å². The molecule has 0 radical (unpaired) electrons. The van der Waals surface area contributed by atoms with E-state index in [0.717, 1.165) is 0 Å². The van der Waals surface area contributed by atoms with Crippen LogP contribution in [0.3, 0.4) is 0 Å². The van der Waals surface area contributed by atoms with Gasteiger partial charge < -0.3 is 4.74 Å². The number of benzene rings is 2. The number of halogens is 1. The van der Waals surface area contributed by atoms with Gasteiger partial charge in [-0.25, -0.2) is 12.8 Å². The Morgan fingerprint density at radius 2 is 1.88 bits per heavy atom. The van der Waals surface area contributed by atoms with Gasteiger partial charge >= 0.3 is 0 Å². The Kier molecular flexibility index (Phi) is 5.54. The molecule has 2 aromatic rings. The zero-order chi connectivity index (χ0) is 17.7. The number of sulfonamides is 1. The fraction of sp³-hybridized carbons (Fsp3) is 0.235. The summed E-state index contributed by atoms with van der Waals surface area (Å²) in [5, 5.41) is 8.79. The predicted molar refractivity (Wildman–Crippen MR) is 87.4 cm³/mol. The van der Waals surface area contributed by atoms with Crippen LogP contribution in [-0.4, -0.2) is 26.4 Å². The molecule has 0 fully saturated rings. The quantitative estimate of drug-likeness (QED) is 0.805. The second-order valence-corrected chi connectivity index (χ2v) is 6.97. The van der Waals surface area contributed by atoms with Crippen LogP contribution in [0.15, 0.2) is 47.4 Å². The molecule has 0 unspecified atom stereocenters. The van der Waals surface area contributed by atoms with E-state index in [0.29, 0.717) is 11.1 Å². The molecule has 24 heavy (non-hydrogen) atoms. The molecule has 0 aliphatic heterocycles. The highest BCUT2D eigenvalue weighted by molar-refractivity contribution is 7.89. The lowest BCUT2D eigenvalue weighted by atomic mass is 10.2. The molecule has 0 N–H and O–H groups in total. The van der Waals surface area contributed by atoms with Crippen LogP contribution < -0.4 is 4.74 Å². The number of methoxy groups -OCH3 is 1. The van der Waals surface area contributed by atoms with E-state index in [-0.39, 0.29) is 23.7 Å². The summed E-state index contributed by atoms with van der Waals surface area (Å²) in [6.45, 7) is 1.98. The lowest BCUT2D eigenvalue weighted by Crippen LogP contribution is -2.30. The third-order valence-electron chi connectivity index (χ3n) is 3.55. The monoisotopic (exact) mass is 348 g/mol. The van der Waals surface area contributed by atoms with Gasteiger partial charge in [-0.15, -0.1) is 0 Å². The number of hydrogen-bond donors (Lipinski definition) is 0. The van der Waals surface area contributed by atoms with E-state index >= 15 is 0 Å². The normalized spacial score (nSPS) is 11.3. The Morgan fingerprint density at radius 1 is 1.21 bits per heavy atom. The Bertz CT molecular complexity index is 858. The topological polar surface area (TPSA) is 70.4 Å². The van der Waals surface area contributed by atoms with E-state index in [2.05, 4.69) is 0 Å². The van der Waals surface area contributed by atoms with Crippen molar-refractivity contribution in [2.24, 2.45) is 0 Å². The molecule has 0 saturated carbocycles. The standard InChI is InChI=1S/C17H17FN2O3S/c1-3-20(12-14-6-9-17(23-2)16(18)10-14)24(21,22)15-7-4-13(11-19)5-8-15/h4-10H,3,12H2,1-2H3. The van der Waals surface area contributed by atoms with Crippen molar-refractivity contribution in [2.45, 2.75) is 18.4 Å². The van der Waals surface area contributed by atoms with Crippen molar-refractivity contribution in [3.8, 4) is 11.8 Å². The summed E-state index contributed by atoms with van der Waals surface area (Å²) in [7, 11) is -2.37. The van der Waals surface area contributed by atoms with Crippen molar-refractivity contribution in [3.63, 3.8) is 0 Å². The van der Waals surface area contributed by atoms with Gasteiger partial charge in [-0.2, -0.15) is 9.57 Å². The van der Waals surface area contributed by atoms with E-state index in [1.807, 2.05) is 6.07 Å². The molecule has 0 bridgehead atoms. The van der Waals surface area contributed by atoms with Gasteiger partial charge in [0.1, 0.15) is 0 Å². The highest BCUT2D eigenvalue weighted by Gasteiger charge is 2.23. The summed E-state index contributed by atoms with van der Waals surface area (Å²) in [6.07, 6.45) is 0. The van der Waals surface area contributed by atoms with Crippen molar-refractivity contribution in [1.29, 1.82) is 5.26 Å². The number of ether oxygens (including phenoxy) is 1. The van der Waals surface area contributed by atoms with E-state index in [1.54, 1.807) is 13.0 Å². The Labute approximate surface area is 141 Å². The van der Waals surface area contributed by atoms with Gasteiger partial charge in [0, 0.05) is 13.1 Å². The minimum absolute atomic E-state index is 0.0414. The van der Waals surface area contributed by atoms with Gasteiger partial charge in [-0.1, -0.05) is 13.0 Å². The maximum atomic E-state index is 13.8. The van der Waals surface area contributed by atoms with Crippen LogP contribution in [0.4, 0.5) is 4.39 Å². The van der Waals surface area contributed by atoms with Crippen LogP contribution in [-0.2, 0) is 16.6 Å². The van der Waals surface area contributed by atoms with Gasteiger partial charge in [-0.05, 0) is 42.0 Å². The summed E-state index contributed by atoms with van der Waals surface area (Å²) in [5.74, 6) is -0.432. The first-order valence-corrected chi connectivity index (χ1v) is 8.69. The zero-order valence-corrected chi connectivity index (χ0v) is 14.2. The molecule has 2 rings (SSSR count). The number of rotatable bonds is 6. The summed E-state index contributed by atoms with van der Waals surface area (Å²) < 4.78 is 45.3. The lowest BCUT2D eigenvalue weighted by molar-refractivity contribution is 0.384. The van der Waals surface area contributed by atoms with Crippen LogP contribution >= 0.6 is 0 Å². The molecular weight excluding hydrogens is 331 g/mol. The summed E-state index contributed by atoms with van der Waals surface area (Å²) >= 11 is 0. The molecule has 0 atom stereocenters. The van der Waals surface area contributed by atoms with E-state index in [1.165, 1.54) is 47.8 Å². The second kappa shape index (κ2) is 7.43. The molecule has 126 valence electrons. The Morgan fingerprint density at radius 3 is 2.38 bits per heavy atom. The van der Waals surface area contributed by atoms with Gasteiger partial charge in [0.15, 0.2) is 11.6 Å². The molecule has 2 aromatic carbocycles. The zero-order valence-electron chi connectivity index (χ0n) is 13.4. The van der Waals surface area contributed by atoms with Crippen molar-refractivity contribution in [3.05, 3.63) is 59.4 Å². The van der Waals surface area contributed by atoms with Crippen molar-refractivity contribution in [1.82, 2.24) is 4.31 Å². The van der Waals surface area contributed by atoms with Gasteiger partial charge in [0.25, 0.3) is 0 Å². The SMILES string of the molecule is CCN(Cc1ccc(OC)c(F)c1)S(=O)(=O)c1ccc(C#N)cc1. The van der Waals surface area contributed by atoms with Crippen LogP contribution in [0.25, 0.3) is 0 Å². The van der Waals surface area contributed by atoms with E-state index in [4.69, 9.17) is 10.00 Å². The molecule has 0 spiro atoms. The Balaban J connectivity index is 2.29. The highest BCUT2D eigenvalue weighted by atomic mass is 32.2. The first kappa shape index (κ1) is 17.9. The van der Waals surface area contributed by atoms with Crippen LogP contribution in [0.5, 0.6) is 5.75 Å². The van der Waals surface area contributed by atoms with Crippen molar-refractivity contribution < 1.29 is 17.5 Å². The fourth-order valence-electron chi connectivity index (χ4n) is 2.23. The first-order valence-electron chi connectivity index (χ1n) is 7.25. The minimum Gasteiger partial charge on any atom is -0.494 e. The van der Waals surface area contributed by atoms with Gasteiger partial charge in [0.05, 0.1) is 23.6 Å². The largest absolute Gasteiger partial charge is 0.494 e. The molecule has 0 heterocycles. The van der Waals surface area contributed by atoms with Gasteiger partial charge in [-0.3, -0.25) is 0 Å². The number of hydrogen-bond acceptors (Lipinski definition) is 4. The maximum absolute atomic E-state index is 13.8. The number of nitriles is 1. The molecule has 0 saturated heterocycles. The molecule has 7 heteroatoms. The average molecular weight is 348 g/mol. The third kappa shape index (κ3) is 3.72. The molecular formula is C17H17FN2O3S. The first-order chi connectivity index (χ1) is 11.4. The molecule has 0 aliphatic rings. The summed E-state index contributed by atoms with van der Waals surface area (Å²) in [6, 6.07) is 12.0. The molecule has 5 nitrogen and oxygen atoms in total. The minimum atomic E-state index is -3.73. The number of nitrogens with zero attached hydrogens (tertiary/aromatic N) is 2. The van der Waals surface area contributed by atoms with Crippen LogP contribution in [0, 0.1) is 17.1 Å². The van der Waals surface area contributed by atoms with Crippen molar-refractivity contribution in [2.75, 3.05) is 13.7 Å². The predicted octanol–water partition coefficient (Wildman–Crippen LogP) is 2.92. The summed E-state index contributed by atoms with van der Waals surface area (Å²) in [5.41, 5.74) is 0.904. The third-order valence-corrected chi connectivity index (χ3v) is 5.48. The summed E-state index contributed by atoms with van der Waals surface area (Å²) in [4.78, 5) is 0.0948. The fourth-order valence-corrected chi connectivity index (χ4v) is 3.67. The molecule has 0 amide bonds. The highest BCUT2D eigenvalue weighted by Crippen LogP contribution is 2.22. The average Bonchev–Trinajstić information content (AvgIpc) is 2.59. The van der Waals surface area contributed by atoms with E-state index in [9.17, 15) is 12.8 Å². The smallest absolute Gasteiger partial charge is 0.243 e. The molecule has 0 aromatic heterocycles. The van der Waals surface area contributed by atoms with Gasteiger partial charge in [0.2, 0.25) is 10.0 Å². The Hall–Kier alpha value is -2.43. The maximum Gasteiger partial charge on any atom is 0.243 e. The van der Waals surface area contributed by atoms with E-state index < -0.39 is 15.8 Å². The lowest BCUT2D eigenvalue weighted by Gasteiger charge is -2.21. The van der Waals surface area contributed by atoms with Crippen LogP contribution in [0.1, 0.15) is 18.1 Å². The second-order valence-electron chi connectivity index (χ2n) is 5.04. The van der Waals surface area contributed by atoms with Crippen LogP contribution in [0.2, 0.25) is 0 Å². The molecule has 0 aliphatic carbocycles.